The summed E-state index contributed by atoms with van der Waals surface area (Å²) >= 11 is 1.65. The number of para-hydroxylation sites is 1. The third kappa shape index (κ3) is 4.33. The number of anilines is 1. The summed E-state index contributed by atoms with van der Waals surface area (Å²) in [5.74, 6) is 0.372. The molecule has 2 atom stereocenters. The third-order valence-corrected chi connectivity index (χ3v) is 5.17. The summed E-state index contributed by atoms with van der Waals surface area (Å²) < 4.78 is 0. The second-order valence-corrected chi connectivity index (χ2v) is 6.99. The first-order chi connectivity index (χ1) is 11.2. The Labute approximate surface area is 140 Å². The average molecular weight is 330 g/mol. The van der Waals surface area contributed by atoms with Crippen molar-refractivity contribution in [2.24, 2.45) is 5.92 Å². The van der Waals surface area contributed by atoms with Crippen LogP contribution in [-0.4, -0.2) is 23.8 Å². The molecule has 5 heteroatoms. The minimum atomic E-state index is -0.210. The molecule has 2 aromatic rings. The van der Waals surface area contributed by atoms with Gasteiger partial charge in [0.05, 0.1) is 11.8 Å². The van der Waals surface area contributed by atoms with E-state index >= 15 is 0 Å². The number of carbonyl (C=O) groups excluding carboxylic acids is 1. The fraction of sp³-hybridized carbons (Fsp3) is 0.389. The molecule has 4 nitrogen and oxygen atoms in total. The van der Waals surface area contributed by atoms with Crippen molar-refractivity contribution in [2.75, 3.05) is 11.9 Å². The lowest BCUT2D eigenvalue weighted by molar-refractivity contribution is 0.101. The van der Waals surface area contributed by atoms with Crippen molar-refractivity contribution in [3.63, 3.8) is 0 Å². The second kappa shape index (κ2) is 7.62. The number of hydrogen-bond acceptors (Lipinski definition) is 3. The molecule has 1 saturated carbocycles. The van der Waals surface area contributed by atoms with E-state index in [1.54, 1.807) is 11.3 Å². The van der Waals surface area contributed by atoms with Crippen LogP contribution < -0.4 is 10.6 Å². The molecular weight excluding hydrogens is 308 g/mol. The largest absolute Gasteiger partial charge is 0.393 e. The summed E-state index contributed by atoms with van der Waals surface area (Å²) in [7, 11) is 0. The Bertz CT molecular complexity index is 642. The number of nitrogens with one attached hydrogen (secondary N) is 2. The number of aliphatic hydroxyl groups excluding tert-OH is 1. The molecule has 3 rings (SSSR count). The maximum Gasteiger partial charge on any atom is 0.319 e. The molecule has 0 radical (unpaired) electrons. The zero-order valence-corrected chi connectivity index (χ0v) is 13.8. The minimum absolute atomic E-state index is 0.186. The minimum Gasteiger partial charge on any atom is -0.393 e. The maximum atomic E-state index is 12.2. The average Bonchev–Trinajstić information content (AvgIpc) is 3.08. The highest BCUT2D eigenvalue weighted by atomic mass is 32.1. The van der Waals surface area contributed by atoms with E-state index in [0.717, 1.165) is 41.8 Å². The zero-order chi connectivity index (χ0) is 16.1. The molecule has 1 heterocycles. The number of hydrogen-bond donors (Lipinski definition) is 3. The highest BCUT2D eigenvalue weighted by Gasteiger charge is 2.20. The van der Waals surface area contributed by atoms with E-state index in [1.807, 2.05) is 41.8 Å². The molecule has 0 bridgehead atoms. The quantitative estimate of drug-likeness (QED) is 0.791. The molecule has 2 unspecified atom stereocenters. The Balaban J connectivity index is 1.58. The molecule has 23 heavy (non-hydrogen) atoms. The van der Waals surface area contributed by atoms with Gasteiger partial charge < -0.3 is 15.7 Å². The van der Waals surface area contributed by atoms with Crippen molar-refractivity contribution < 1.29 is 9.90 Å². The molecule has 1 aliphatic rings. The van der Waals surface area contributed by atoms with Gasteiger partial charge in [-0.1, -0.05) is 30.7 Å². The Morgan fingerprint density at radius 1 is 1.22 bits per heavy atom. The molecule has 2 amide bonds. The fourth-order valence-corrected chi connectivity index (χ4v) is 3.86. The van der Waals surface area contributed by atoms with Gasteiger partial charge >= 0.3 is 6.03 Å². The number of urea groups is 1. The SMILES string of the molecule is O=C(NCC1CCCC(O)C1)Nc1ccccc1-c1cccs1. The van der Waals surface area contributed by atoms with Gasteiger partial charge in [-0.3, -0.25) is 0 Å². The molecule has 1 aromatic carbocycles. The van der Waals surface area contributed by atoms with Crippen molar-refractivity contribution in [1.82, 2.24) is 5.32 Å². The van der Waals surface area contributed by atoms with E-state index in [1.165, 1.54) is 0 Å². The Kier molecular flexibility index (Phi) is 5.31. The Morgan fingerprint density at radius 2 is 2.09 bits per heavy atom. The van der Waals surface area contributed by atoms with Crippen LogP contribution in [-0.2, 0) is 0 Å². The standard InChI is InChI=1S/C18H22N2O2S/c21-14-6-3-5-13(11-14)12-19-18(22)20-16-8-2-1-7-15(16)17-9-4-10-23-17/h1-2,4,7-10,13-14,21H,3,5-6,11-12H2,(H2,19,20,22). The highest BCUT2D eigenvalue weighted by molar-refractivity contribution is 7.13. The van der Waals surface area contributed by atoms with Gasteiger partial charge in [-0.05, 0) is 42.7 Å². The Morgan fingerprint density at radius 3 is 2.87 bits per heavy atom. The van der Waals surface area contributed by atoms with E-state index in [4.69, 9.17) is 0 Å². The lowest BCUT2D eigenvalue weighted by Gasteiger charge is -2.26. The molecule has 122 valence electrons. The highest BCUT2D eigenvalue weighted by Crippen LogP contribution is 2.31. The smallest absolute Gasteiger partial charge is 0.319 e. The predicted molar refractivity (Wildman–Crippen MR) is 94.7 cm³/mol. The molecule has 1 aromatic heterocycles. The van der Waals surface area contributed by atoms with Crippen molar-refractivity contribution in [1.29, 1.82) is 0 Å². The van der Waals surface area contributed by atoms with Crippen LogP contribution in [0.15, 0.2) is 41.8 Å². The van der Waals surface area contributed by atoms with Crippen LogP contribution in [0.4, 0.5) is 10.5 Å². The van der Waals surface area contributed by atoms with Crippen LogP contribution in [0.25, 0.3) is 10.4 Å². The van der Waals surface area contributed by atoms with E-state index in [9.17, 15) is 9.90 Å². The van der Waals surface area contributed by atoms with Gasteiger partial charge in [0.15, 0.2) is 0 Å². The molecule has 1 fully saturated rings. The van der Waals surface area contributed by atoms with E-state index < -0.39 is 0 Å². The second-order valence-electron chi connectivity index (χ2n) is 6.04. The first-order valence-corrected chi connectivity index (χ1v) is 8.96. The van der Waals surface area contributed by atoms with Gasteiger partial charge in [-0.25, -0.2) is 4.79 Å². The normalized spacial score (nSPS) is 20.9. The molecule has 0 aliphatic heterocycles. The molecule has 3 N–H and O–H groups in total. The van der Waals surface area contributed by atoms with E-state index in [2.05, 4.69) is 10.6 Å². The summed E-state index contributed by atoms with van der Waals surface area (Å²) in [5, 5.41) is 17.6. The summed E-state index contributed by atoms with van der Waals surface area (Å²) in [5.41, 5.74) is 1.85. The van der Waals surface area contributed by atoms with Crippen molar-refractivity contribution in [2.45, 2.75) is 31.8 Å². The summed E-state index contributed by atoms with van der Waals surface area (Å²) in [6.45, 7) is 0.615. The van der Waals surface area contributed by atoms with Gasteiger partial charge in [-0.15, -0.1) is 11.3 Å². The number of carbonyl (C=O) groups is 1. The van der Waals surface area contributed by atoms with Gasteiger partial charge in [0, 0.05) is 17.0 Å². The van der Waals surface area contributed by atoms with Crippen LogP contribution in [0, 0.1) is 5.92 Å². The monoisotopic (exact) mass is 330 g/mol. The number of amides is 2. The van der Waals surface area contributed by atoms with E-state index in [-0.39, 0.29) is 12.1 Å². The topological polar surface area (TPSA) is 61.4 Å². The number of aliphatic hydroxyl groups is 1. The van der Waals surface area contributed by atoms with Crippen LogP contribution >= 0.6 is 11.3 Å². The fourth-order valence-electron chi connectivity index (χ4n) is 3.09. The lowest BCUT2D eigenvalue weighted by atomic mass is 9.87. The summed E-state index contributed by atoms with van der Waals surface area (Å²) in [6.07, 6.45) is 3.57. The van der Waals surface area contributed by atoms with Gasteiger partial charge in [0.1, 0.15) is 0 Å². The number of thiophene rings is 1. The zero-order valence-electron chi connectivity index (χ0n) is 13.0. The molecular formula is C18H22N2O2S. The van der Waals surface area contributed by atoms with Gasteiger partial charge in [0.25, 0.3) is 0 Å². The first-order valence-electron chi connectivity index (χ1n) is 8.08. The number of benzene rings is 1. The third-order valence-electron chi connectivity index (χ3n) is 4.27. The van der Waals surface area contributed by atoms with Crippen molar-refractivity contribution >= 4 is 23.1 Å². The summed E-state index contributed by atoms with van der Waals surface area (Å²) in [6, 6.07) is 11.7. The van der Waals surface area contributed by atoms with Crippen molar-refractivity contribution in [3.05, 3.63) is 41.8 Å². The maximum absolute atomic E-state index is 12.2. The summed E-state index contributed by atoms with van der Waals surface area (Å²) in [4.78, 5) is 13.3. The van der Waals surface area contributed by atoms with Crippen LogP contribution in [0.5, 0.6) is 0 Å². The van der Waals surface area contributed by atoms with Crippen LogP contribution in [0.2, 0.25) is 0 Å². The number of rotatable bonds is 4. The van der Waals surface area contributed by atoms with E-state index in [0.29, 0.717) is 12.5 Å². The first kappa shape index (κ1) is 16.0. The predicted octanol–water partition coefficient (Wildman–Crippen LogP) is 4.09. The van der Waals surface area contributed by atoms with Crippen LogP contribution in [0.3, 0.4) is 0 Å². The van der Waals surface area contributed by atoms with Crippen molar-refractivity contribution in [3.8, 4) is 10.4 Å². The van der Waals surface area contributed by atoms with Gasteiger partial charge in [-0.2, -0.15) is 0 Å². The Hall–Kier alpha value is -1.85. The molecule has 0 spiro atoms. The molecule has 1 aliphatic carbocycles. The van der Waals surface area contributed by atoms with Gasteiger partial charge in [0.2, 0.25) is 0 Å². The molecule has 0 saturated heterocycles. The van der Waals surface area contributed by atoms with Crippen LogP contribution in [0.1, 0.15) is 25.7 Å². The lowest BCUT2D eigenvalue weighted by Crippen LogP contribution is -2.35.